The van der Waals surface area contributed by atoms with E-state index in [2.05, 4.69) is 12.2 Å². The van der Waals surface area contributed by atoms with Crippen LogP contribution in [0.25, 0.3) is 11.0 Å². The molecule has 0 fully saturated rings. The number of benzene rings is 2. The Morgan fingerprint density at radius 1 is 1.03 bits per heavy atom. The van der Waals surface area contributed by atoms with Gasteiger partial charge in [-0.3, -0.25) is 9.59 Å². The van der Waals surface area contributed by atoms with Gasteiger partial charge in [-0.2, -0.15) is 0 Å². The van der Waals surface area contributed by atoms with Crippen molar-refractivity contribution in [1.29, 1.82) is 0 Å². The monoisotopic (exact) mass is 465 g/mol. The summed E-state index contributed by atoms with van der Waals surface area (Å²) in [4.78, 5) is 37.7. The predicted molar refractivity (Wildman–Crippen MR) is 132 cm³/mol. The number of carbonyl (C=O) groups excluding carboxylic acids is 2. The fourth-order valence-electron chi connectivity index (χ4n) is 3.31. The molecular weight excluding hydrogens is 434 g/mol. The minimum absolute atomic E-state index is 0.117. The van der Waals surface area contributed by atoms with Crippen LogP contribution in [-0.4, -0.2) is 25.1 Å². The molecule has 1 N–H and O–H groups in total. The van der Waals surface area contributed by atoms with Crippen molar-refractivity contribution in [2.24, 2.45) is 5.92 Å². The van der Waals surface area contributed by atoms with Gasteiger partial charge < -0.3 is 19.2 Å². The molecule has 0 unspecified atom stereocenters. The molecule has 7 heteroatoms. The lowest BCUT2D eigenvalue weighted by atomic mass is 10.1. The Balaban J connectivity index is 1.74. The fourth-order valence-corrected chi connectivity index (χ4v) is 3.31. The molecule has 0 saturated heterocycles. The van der Waals surface area contributed by atoms with Crippen LogP contribution in [0.2, 0.25) is 0 Å². The number of rotatable bonds is 11. The minimum atomic E-state index is -0.723. The highest BCUT2D eigenvalue weighted by molar-refractivity contribution is 6.08. The van der Waals surface area contributed by atoms with Gasteiger partial charge in [-0.25, -0.2) is 4.79 Å². The molecule has 34 heavy (non-hydrogen) atoms. The van der Waals surface area contributed by atoms with Crippen molar-refractivity contribution in [2.45, 2.75) is 46.5 Å². The maximum absolute atomic E-state index is 12.8. The number of carbonyl (C=O) groups is 2. The maximum Gasteiger partial charge on any atom is 0.374 e. The molecule has 0 aliphatic heterocycles. The Morgan fingerprint density at radius 2 is 1.79 bits per heavy atom. The zero-order valence-corrected chi connectivity index (χ0v) is 19.9. The Kier molecular flexibility index (Phi) is 8.85. The van der Waals surface area contributed by atoms with E-state index in [1.807, 2.05) is 13.8 Å². The minimum Gasteiger partial charge on any atom is -0.494 e. The molecule has 1 aromatic heterocycles. The molecule has 2 aromatic carbocycles. The molecule has 3 rings (SSSR count). The van der Waals surface area contributed by atoms with Crippen LogP contribution in [0, 0.1) is 5.92 Å². The first-order valence-electron chi connectivity index (χ1n) is 11.7. The van der Waals surface area contributed by atoms with E-state index in [1.54, 1.807) is 42.5 Å². The van der Waals surface area contributed by atoms with Crippen molar-refractivity contribution in [2.75, 3.05) is 18.5 Å². The summed E-state index contributed by atoms with van der Waals surface area (Å²) in [5, 5.41) is 3.02. The lowest BCUT2D eigenvalue weighted by Gasteiger charge is -2.10. The third-order valence-electron chi connectivity index (χ3n) is 5.13. The van der Waals surface area contributed by atoms with Crippen LogP contribution >= 0.6 is 0 Å². The molecule has 0 radical (unpaired) electrons. The van der Waals surface area contributed by atoms with Gasteiger partial charge in [-0.1, -0.05) is 46.1 Å². The normalized spacial score (nSPS) is 10.9. The van der Waals surface area contributed by atoms with Crippen molar-refractivity contribution in [3.8, 4) is 5.75 Å². The van der Waals surface area contributed by atoms with Crippen molar-refractivity contribution in [3.63, 3.8) is 0 Å². The van der Waals surface area contributed by atoms with Crippen molar-refractivity contribution in [3.05, 3.63) is 70.1 Å². The third kappa shape index (κ3) is 6.70. The summed E-state index contributed by atoms with van der Waals surface area (Å²) in [7, 11) is 0. The average Bonchev–Trinajstić information content (AvgIpc) is 2.83. The number of nitrogens with one attached hydrogen (secondary N) is 1. The van der Waals surface area contributed by atoms with E-state index in [0.717, 1.165) is 18.9 Å². The van der Waals surface area contributed by atoms with Gasteiger partial charge in [0, 0.05) is 11.6 Å². The zero-order valence-electron chi connectivity index (χ0n) is 19.9. The summed E-state index contributed by atoms with van der Waals surface area (Å²) >= 11 is 0. The van der Waals surface area contributed by atoms with Gasteiger partial charge in [0.2, 0.25) is 5.76 Å². The van der Waals surface area contributed by atoms with Crippen LogP contribution < -0.4 is 15.5 Å². The summed E-state index contributed by atoms with van der Waals surface area (Å²) in [5.74, 6) is -0.464. The summed E-state index contributed by atoms with van der Waals surface area (Å²) in [6.07, 6.45) is 4.50. The second kappa shape index (κ2) is 12.0. The van der Waals surface area contributed by atoms with Crippen molar-refractivity contribution in [1.82, 2.24) is 0 Å². The number of para-hydroxylation sites is 1. The highest BCUT2D eigenvalue weighted by atomic mass is 16.5. The largest absolute Gasteiger partial charge is 0.494 e. The number of unbranched alkanes of at least 4 members (excludes halogenated alkanes) is 3. The molecule has 0 spiro atoms. The van der Waals surface area contributed by atoms with Gasteiger partial charge in [-0.15, -0.1) is 0 Å². The number of esters is 1. The molecule has 0 aliphatic rings. The van der Waals surface area contributed by atoms with Crippen LogP contribution in [0.4, 0.5) is 5.69 Å². The maximum atomic E-state index is 12.8. The molecular formula is C27H31NO6. The molecule has 7 nitrogen and oxygen atoms in total. The number of hydrogen-bond donors (Lipinski definition) is 1. The van der Waals surface area contributed by atoms with Gasteiger partial charge in [-0.05, 0) is 48.7 Å². The van der Waals surface area contributed by atoms with Gasteiger partial charge in [0.25, 0.3) is 5.91 Å². The number of amides is 1. The average molecular weight is 466 g/mol. The molecule has 1 heterocycles. The topological polar surface area (TPSA) is 94.8 Å². The predicted octanol–water partition coefficient (Wildman–Crippen LogP) is 5.82. The SMILES string of the molecule is CCCCCCOc1ccc(C(=O)Nc2cccc3c(=O)cc(C(=O)OCC(C)C)oc23)cc1. The van der Waals surface area contributed by atoms with Gasteiger partial charge >= 0.3 is 5.97 Å². The molecule has 1 amide bonds. The smallest absolute Gasteiger partial charge is 0.374 e. The number of hydrogen-bond acceptors (Lipinski definition) is 6. The van der Waals surface area contributed by atoms with Crippen molar-refractivity contribution < 1.29 is 23.5 Å². The van der Waals surface area contributed by atoms with Gasteiger partial charge in [0.15, 0.2) is 11.0 Å². The number of ether oxygens (including phenoxy) is 2. The number of anilines is 1. The Labute approximate surface area is 199 Å². The van der Waals surface area contributed by atoms with Crippen molar-refractivity contribution >= 4 is 28.5 Å². The van der Waals surface area contributed by atoms with E-state index >= 15 is 0 Å². The zero-order chi connectivity index (χ0) is 24.5. The summed E-state index contributed by atoms with van der Waals surface area (Å²) in [6.45, 7) is 6.82. The lowest BCUT2D eigenvalue weighted by molar-refractivity contribution is 0.0423. The lowest BCUT2D eigenvalue weighted by Crippen LogP contribution is -2.15. The van der Waals surface area contributed by atoms with Crippen LogP contribution in [-0.2, 0) is 4.74 Å². The molecule has 0 atom stereocenters. The van der Waals surface area contributed by atoms with E-state index in [1.165, 1.54) is 12.8 Å². The summed E-state index contributed by atoms with van der Waals surface area (Å²) < 4.78 is 16.6. The van der Waals surface area contributed by atoms with Crippen LogP contribution in [0.1, 0.15) is 67.4 Å². The van der Waals surface area contributed by atoms with Gasteiger partial charge in [0.1, 0.15) is 5.75 Å². The highest BCUT2D eigenvalue weighted by Crippen LogP contribution is 2.24. The summed E-state index contributed by atoms with van der Waals surface area (Å²) in [6, 6.07) is 12.8. The fraction of sp³-hybridized carbons (Fsp3) is 0.370. The third-order valence-corrected chi connectivity index (χ3v) is 5.13. The number of fused-ring (bicyclic) bond motifs is 1. The second-order valence-electron chi connectivity index (χ2n) is 8.54. The first-order valence-corrected chi connectivity index (χ1v) is 11.7. The standard InChI is InChI=1S/C27H31NO6/c1-4-5-6-7-15-32-20-13-11-19(12-14-20)26(30)28-22-10-8-9-21-23(29)16-24(34-25(21)22)27(31)33-17-18(2)3/h8-14,16,18H,4-7,15,17H2,1-3H3,(H,28,30). The molecule has 0 saturated carbocycles. The second-order valence-corrected chi connectivity index (χ2v) is 8.54. The Bertz CT molecular complexity index is 1180. The molecule has 0 bridgehead atoms. The summed E-state index contributed by atoms with van der Waals surface area (Å²) in [5.41, 5.74) is 0.431. The molecule has 3 aromatic rings. The van der Waals surface area contributed by atoms with Crippen LogP contribution in [0.5, 0.6) is 5.75 Å². The Morgan fingerprint density at radius 3 is 2.50 bits per heavy atom. The highest BCUT2D eigenvalue weighted by Gasteiger charge is 2.17. The molecule has 180 valence electrons. The van der Waals surface area contributed by atoms with E-state index < -0.39 is 11.4 Å². The first kappa shape index (κ1) is 25.0. The van der Waals surface area contributed by atoms with Crippen LogP contribution in [0.15, 0.2) is 57.7 Å². The first-order chi connectivity index (χ1) is 16.4. The quantitative estimate of drug-likeness (QED) is 0.283. The van der Waals surface area contributed by atoms with E-state index in [0.29, 0.717) is 17.9 Å². The van der Waals surface area contributed by atoms with E-state index in [4.69, 9.17) is 13.9 Å². The van der Waals surface area contributed by atoms with E-state index in [-0.39, 0.29) is 40.8 Å². The van der Waals surface area contributed by atoms with E-state index in [9.17, 15) is 14.4 Å². The van der Waals surface area contributed by atoms with Crippen LogP contribution in [0.3, 0.4) is 0 Å². The van der Waals surface area contributed by atoms with Gasteiger partial charge in [0.05, 0.1) is 24.3 Å². The molecule has 0 aliphatic carbocycles. The Hall–Kier alpha value is -3.61.